The van der Waals surface area contributed by atoms with Crippen LogP contribution in [0.15, 0.2) is 72.9 Å². The highest BCUT2D eigenvalue weighted by atomic mass is 31.2. The third-order valence-corrected chi connectivity index (χ3v) is 11.6. The van der Waals surface area contributed by atoms with Gasteiger partial charge in [0.2, 0.25) is 0 Å². The zero-order chi connectivity index (χ0) is 47.3. The van der Waals surface area contributed by atoms with Crippen molar-refractivity contribution < 1.29 is 68.2 Å². The van der Waals surface area contributed by atoms with Crippen molar-refractivity contribution in [2.75, 3.05) is 13.2 Å². The predicted molar refractivity (Wildman–Crippen MR) is 250 cm³/mol. The first-order valence-corrected chi connectivity index (χ1v) is 25.3. The van der Waals surface area contributed by atoms with E-state index in [2.05, 4.69) is 44.2 Å². The van der Waals surface area contributed by atoms with Crippen LogP contribution in [0.25, 0.3) is 0 Å². The second-order valence-electron chi connectivity index (χ2n) is 16.5. The minimum absolute atomic E-state index is 0.0541. The topological polar surface area (TPSA) is 230 Å². The summed E-state index contributed by atoms with van der Waals surface area (Å²) in [6.07, 6.45) is 31.2. The van der Waals surface area contributed by atoms with E-state index in [1.807, 2.05) is 36.5 Å². The lowest BCUT2D eigenvalue weighted by molar-refractivity contribution is -0.220. The number of aliphatic hydroxyl groups excluding tert-OH is 6. The molecule has 14 nitrogen and oxygen atoms in total. The summed E-state index contributed by atoms with van der Waals surface area (Å²) in [5.74, 6) is -1.22. The Morgan fingerprint density at radius 2 is 1.05 bits per heavy atom. The molecule has 3 unspecified atom stereocenters. The highest BCUT2D eigenvalue weighted by molar-refractivity contribution is 7.47. The van der Waals surface area contributed by atoms with Crippen LogP contribution in [0.4, 0.5) is 0 Å². The summed E-state index contributed by atoms with van der Waals surface area (Å²) in [4.78, 5) is 35.7. The van der Waals surface area contributed by atoms with E-state index < -0.39 is 81.8 Å². The summed E-state index contributed by atoms with van der Waals surface area (Å²) < 4.78 is 33.5. The third-order valence-electron chi connectivity index (χ3n) is 10.6. The minimum Gasteiger partial charge on any atom is -0.462 e. The molecule has 0 saturated heterocycles. The number of phosphoric acid groups is 1. The van der Waals surface area contributed by atoms with Gasteiger partial charge in [-0.15, -0.1) is 0 Å². The fourth-order valence-electron chi connectivity index (χ4n) is 6.69. The SMILES string of the molecule is CCCCC/C=C\C/C=C\CCCCCCCCCC(=O)O[C@H](COC(=O)CCC/C=C\C/C=C\C=C\[C@H](O)C/C=C\CCCCC)COP(=O)(O)OC1[C@H](O)[C@H](O)C(O)[C@H](O)[C@H]1O. The number of esters is 2. The number of carbonyl (C=O) groups excluding carboxylic acids is 2. The van der Waals surface area contributed by atoms with Crippen LogP contribution >= 0.6 is 7.82 Å². The Kier molecular flexibility index (Phi) is 35.5. The molecule has 0 aromatic rings. The summed E-state index contributed by atoms with van der Waals surface area (Å²) in [5.41, 5.74) is 0. The number of phosphoric ester groups is 1. The quantitative estimate of drug-likeness (QED) is 0.0101. The van der Waals surface area contributed by atoms with E-state index in [1.54, 1.807) is 6.08 Å². The zero-order valence-electron chi connectivity index (χ0n) is 38.7. The molecule has 0 bridgehead atoms. The largest absolute Gasteiger partial charge is 0.472 e. The first-order chi connectivity index (χ1) is 30.8. The average molecular weight is 927 g/mol. The van der Waals surface area contributed by atoms with Gasteiger partial charge in [-0.25, -0.2) is 4.57 Å². The van der Waals surface area contributed by atoms with Crippen molar-refractivity contribution in [1.29, 1.82) is 0 Å². The maximum absolute atomic E-state index is 12.8. The molecule has 9 atom stereocenters. The van der Waals surface area contributed by atoms with Gasteiger partial charge in [0.1, 0.15) is 43.2 Å². The van der Waals surface area contributed by atoms with Gasteiger partial charge in [0.05, 0.1) is 12.7 Å². The van der Waals surface area contributed by atoms with Crippen molar-refractivity contribution >= 4 is 19.8 Å². The standard InChI is InChI=1S/C49H83O14P/c1-3-5-7-9-11-12-13-14-15-16-17-18-19-20-25-29-33-37-43(52)62-41(39-61-64(58,59)63-49-47(56)45(54)44(53)46(55)48(49)57)38-60-42(51)36-32-28-24-22-21-23-27-31-35-40(50)34-30-26-10-8-6-4-2/h11-12,14-15,22-24,26-27,30-31,35,40-41,44-50,53-57H,3-10,13,16-21,25,28-29,32-34,36-39H2,1-2H3,(H,58,59)/b12-11-,15-14-,24-22-,27-23-,30-26-,35-31+/t40-,41-,44?,45-,46+,47-,48-,49?/m1/s1. The van der Waals surface area contributed by atoms with Crippen LogP contribution in [-0.2, 0) is 32.7 Å². The number of aliphatic hydroxyl groups is 6. The van der Waals surface area contributed by atoms with E-state index in [-0.39, 0.29) is 12.8 Å². The molecule has 0 radical (unpaired) electrons. The zero-order valence-corrected chi connectivity index (χ0v) is 39.6. The van der Waals surface area contributed by atoms with E-state index in [4.69, 9.17) is 18.5 Å². The fraction of sp³-hybridized carbons (Fsp3) is 0.714. The Labute approximate surface area is 383 Å². The van der Waals surface area contributed by atoms with Crippen LogP contribution in [0.5, 0.6) is 0 Å². The summed E-state index contributed by atoms with van der Waals surface area (Å²) in [6, 6.07) is 0. The molecule has 0 aliphatic heterocycles. The minimum atomic E-state index is -5.15. The van der Waals surface area contributed by atoms with Gasteiger partial charge in [0.15, 0.2) is 6.10 Å². The van der Waals surface area contributed by atoms with Gasteiger partial charge in [-0.05, 0) is 77.0 Å². The van der Waals surface area contributed by atoms with Crippen molar-refractivity contribution in [2.24, 2.45) is 0 Å². The molecule has 0 heterocycles. The summed E-state index contributed by atoms with van der Waals surface area (Å²) in [5, 5.41) is 60.2. The van der Waals surface area contributed by atoms with Gasteiger partial charge >= 0.3 is 19.8 Å². The van der Waals surface area contributed by atoms with Gasteiger partial charge in [0.25, 0.3) is 0 Å². The fourth-order valence-corrected chi connectivity index (χ4v) is 7.66. The number of hydrogen-bond donors (Lipinski definition) is 7. The van der Waals surface area contributed by atoms with E-state index in [0.29, 0.717) is 32.1 Å². The van der Waals surface area contributed by atoms with Crippen LogP contribution in [0.2, 0.25) is 0 Å². The Morgan fingerprint density at radius 1 is 0.562 bits per heavy atom. The molecule has 1 aliphatic rings. The lowest BCUT2D eigenvalue weighted by atomic mass is 9.85. The number of unbranched alkanes of at least 4 members (excludes halogenated alkanes) is 14. The molecule has 0 aromatic carbocycles. The van der Waals surface area contributed by atoms with Crippen molar-refractivity contribution in [1.82, 2.24) is 0 Å². The highest BCUT2D eigenvalue weighted by Gasteiger charge is 2.51. The van der Waals surface area contributed by atoms with Crippen molar-refractivity contribution in [2.45, 2.75) is 210 Å². The Balaban J connectivity index is 2.53. The van der Waals surface area contributed by atoms with Crippen molar-refractivity contribution in [3.8, 4) is 0 Å². The van der Waals surface area contributed by atoms with Gasteiger partial charge in [0, 0.05) is 12.8 Å². The highest BCUT2D eigenvalue weighted by Crippen LogP contribution is 2.47. The van der Waals surface area contributed by atoms with E-state index in [0.717, 1.165) is 64.2 Å². The van der Waals surface area contributed by atoms with Crippen LogP contribution < -0.4 is 0 Å². The molecule has 0 aromatic heterocycles. The molecule has 64 heavy (non-hydrogen) atoms. The van der Waals surface area contributed by atoms with Crippen LogP contribution in [0.1, 0.15) is 162 Å². The third kappa shape index (κ3) is 30.5. The molecule has 1 fully saturated rings. The van der Waals surface area contributed by atoms with Gasteiger partial charge in [-0.3, -0.25) is 18.6 Å². The first kappa shape index (κ1) is 59.3. The predicted octanol–water partition coefficient (Wildman–Crippen LogP) is 8.47. The number of carbonyl (C=O) groups is 2. The summed E-state index contributed by atoms with van der Waals surface area (Å²) in [6.45, 7) is 3.11. The van der Waals surface area contributed by atoms with Crippen LogP contribution in [0.3, 0.4) is 0 Å². The molecule has 368 valence electrons. The molecule has 1 rings (SSSR count). The average Bonchev–Trinajstić information content (AvgIpc) is 3.27. The second-order valence-corrected chi connectivity index (χ2v) is 17.9. The first-order valence-electron chi connectivity index (χ1n) is 23.8. The number of rotatable bonds is 38. The van der Waals surface area contributed by atoms with Crippen LogP contribution in [0, 0.1) is 0 Å². The van der Waals surface area contributed by atoms with Crippen molar-refractivity contribution in [3.05, 3.63) is 72.9 Å². The van der Waals surface area contributed by atoms with E-state index in [9.17, 15) is 49.7 Å². The molecule has 0 amide bonds. The molecule has 15 heteroatoms. The number of hydrogen-bond acceptors (Lipinski definition) is 13. The van der Waals surface area contributed by atoms with Gasteiger partial charge in [-0.1, -0.05) is 145 Å². The van der Waals surface area contributed by atoms with Gasteiger partial charge in [-0.2, -0.15) is 0 Å². The summed E-state index contributed by atoms with van der Waals surface area (Å²) in [7, 11) is -5.15. The normalized spacial score (nSPS) is 22.7. The van der Waals surface area contributed by atoms with Crippen LogP contribution in [-0.4, -0.2) is 110 Å². The Bertz CT molecular complexity index is 1410. The lowest BCUT2D eigenvalue weighted by Gasteiger charge is -2.41. The second kappa shape index (κ2) is 38.4. The Hall–Kier alpha value is -2.75. The molecule has 1 saturated carbocycles. The smallest absolute Gasteiger partial charge is 0.462 e. The van der Waals surface area contributed by atoms with E-state index >= 15 is 0 Å². The maximum Gasteiger partial charge on any atom is 0.472 e. The van der Waals surface area contributed by atoms with Crippen molar-refractivity contribution in [3.63, 3.8) is 0 Å². The Morgan fingerprint density at radius 3 is 1.64 bits per heavy atom. The van der Waals surface area contributed by atoms with Gasteiger partial charge < -0.3 is 45.0 Å². The molecule has 7 N–H and O–H groups in total. The summed E-state index contributed by atoms with van der Waals surface area (Å²) >= 11 is 0. The lowest BCUT2D eigenvalue weighted by Crippen LogP contribution is -2.64. The molecular weight excluding hydrogens is 843 g/mol. The van der Waals surface area contributed by atoms with E-state index in [1.165, 1.54) is 38.5 Å². The monoisotopic (exact) mass is 927 g/mol. The molecule has 1 aliphatic carbocycles. The number of ether oxygens (including phenoxy) is 2. The maximum atomic E-state index is 12.8. The number of allylic oxidation sites excluding steroid dienone is 10. The molecule has 0 spiro atoms. The molecular formula is C49H83O14P.